The van der Waals surface area contributed by atoms with E-state index in [-0.39, 0.29) is 10.8 Å². The second kappa shape index (κ2) is 6.34. The molecule has 25 heavy (non-hydrogen) atoms. The van der Waals surface area contributed by atoms with Gasteiger partial charge in [0.25, 0.3) is 0 Å². The number of alkyl halides is 9. The second-order valence-electron chi connectivity index (χ2n) is 5.62. The average Bonchev–Trinajstić information content (AvgIpc) is 2.44. The van der Waals surface area contributed by atoms with Crippen LogP contribution in [0.1, 0.15) is 5.56 Å². The Morgan fingerprint density at radius 1 is 0.880 bits per heavy atom. The van der Waals surface area contributed by atoms with Gasteiger partial charge in [-0.3, -0.25) is 0 Å². The third-order valence-electron chi connectivity index (χ3n) is 3.59. The van der Waals surface area contributed by atoms with Crippen molar-refractivity contribution in [3.8, 4) is 0 Å². The molecule has 0 heterocycles. The van der Waals surface area contributed by atoms with Crippen molar-refractivity contribution in [1.82, 2.24) is 0 Å². The maximum absolute atomic E-state index is 14.4. The molecule has 0 aliphatic carbocycles. The minimum atomic E-state index is -6.57. The van der Waals surface area contributed by atoms with E-state index in [1.54, 1.807) is 0 Å². The van der Waals surface area contributed by atoms with Gasteiger partial charge in [-0.2, -0.15) is 30.7 Å². The van der Waals surface area contributed by atoms with Crippen LogP contribution in [0.4, 0.5) is 39.5 Å². The van der Waals surface area contributed by atoms with E-state index in [9.17, 15) is 39.5 Å². The zero-order valence-electron chi connectivity index (χ0n) is 12.9. The van der Waals surface area contributed by atoms with Crippen LogP contribution in [-0.2, 0) is 4.74 Å². The number of halogens is 9. The van der Waals surface area contributed by atoms with Crippen molar-refractivity contribution in [2.45, 2.75) is 37.0 Å². The summed E-state index contributed by atoms with van der Waals surface area (Å²) in [6.45, 7) is 4.74. The largest absolute Gasteiger partial charge is 0.483 e. The predicted octanol–water partition coefficient (Wildman–Crippen LogP) is 5.18. The Bertz CT molecular complexity index is 637. The maximum atomic E-state index is 14.4. The van der Waals surface area contributed by atoms with Gasteiger partial charge in [0.05, 0.1) is 0 Å². The van der Waals surface area contributed by atoms with Crippen molar-refractivity contribution in [2.24, 2.45) is 0 Å². The van der Waals surface area contributed by atoms with Crippen LogP contribution in [0, 0.1) is 0 Å². The van der Waals surface area contributed by atoms with Crippen LogP contribution in [0.15, 0.2) is 30.8 Å². The molecule has 0 amide bonds. The Kier molecular flexibility index (Phi) is 5.47. The van der Waals surface area contributed by atoms with Crippen LogP contribution in [0.2, 0.25) is 13.1 Å². The summed E-state index contributed by atoms with van der Waals surface area (Å²) >= 11 is 0. The zero-order valence-corrected chi connectivity index (χ0v) is 13.9. The van der Waals surface area contributed by atoms with Crippen LogP contribution < -0.4 is 5.19 Å². The molecule has 1 rings (SSSR count). The van der Waals surface area contributed by atoms with Crippen LogP contribution in [0.3, 0.4) is 0 Å². The van der Waals surface area contributed by atoms with Crippen molar-refractivity contribution >= 4 is 19.3 Å². The van der Waals surface area contributed by atoms with E-state index >= 15 is 0 Å². The monoisotopic (exact) mass is 396 g/mol. The highest BCUT2D eigenvalue weighted by Crippen LogP contribution is 2.48. The Labute approximate surface area is 138 Å². The number of rotatable bonds is 6. The molecule has 11 heteroatoms. The minimum absolute atomic E-state index is 0.0391. The van der Waals surface area contributed by atoms with Crippen LogP contribution in [0.5, 0.6) is 0 Å². The summed E-state index contributed by atoms with van der Waals surface area (Å²) < 4.78 is 120. The molecule has 0 saturated carbocycles. The van der Waals surface area contributed by atoms with Crippen LogP contribution >= 0.6 is 0 Å². The van der Waals surface area contributed by atoms with Crippen LogP contribution in [0.25, 0.3) is 6.08 Å². The van der Waals surface area contributed by atoms with Crippen molar-refractivity contribution in [3.05, 3.63) is 36.4 Å². The van der Waals surface area contributed by atoms with Gasteiger partial charge in [0, 0.05) is 0 Å². The zero-order chi connectivity index (χ0) is 19.9. The third-order valence-corrected chi connectivity index (χ3v) is 7.25. The minimum Gasteiger partial charge on any atom is -0.243 e. The van der Waals surface area contributed by atoms with Crippen molar-refractivity contribution < 1.29 is 44.3 Å². The first-order valence-electron chi connectivity index (χ1n) is 6.63. The first-order chi connectivity index (χ1) is 11.0. The molecule has 0 unspecified atom stereocenters. The molecule has 0 aliphatic rings. The number of ether oxygens (including phenoxy) is 1. The molecular formula is C14H13F9OSi. The lowest BCUT2D eigenvalue weighted by Crippen LogP contribution is -2.68. The highest BCUT2D eigenvalue weighted by Gasteiger charge is 2.74. The average molecular weight is 396 g/mol. The third kappa shape index (κ3) is 3.71. The molecule has 1 nitrogen and oxygen atoms in total. The first-order valence-corrected chi connectivity index (χ1v) is 9.63. The lowest BCUT2D eigenvalue weighted by atomic mass is 10.2. The quantitative estimate of drug-likeness (QED) is 0.475. The van der Waals surface area contributed by atoms with Gasteiger partial charge in [-0.1, -0.05) is 50.0 Å². The Balaban J connectivity index is 3.39. The Morgan fingerprint density at radius 3 is 1.80 bits per heavy atom. The fourth-order valence-corrected chi connectivity index (χ4v) is 4.60. The van der Waals surface area contributed by atoms with Gasteiger partial charge in [-0.15, -0.1) is 0 Å². The van der Waals surface area contributed by atoms with E-state index in [4.69, 9.17) is 0 Å². The highest BCUT2D eigenvalue weighted by atomic mass is 28.3. The van der Waals surface area contributed by atoms with E-state index in [1.807, 2.05) is 0 Å². The summed E-state index contributed by atoms with van der Waals surface area (Å²) in [4.78, 5) is 0. The first kappa shape index (κ1) is 21.5. The molecule has 0 aliphatic heterocycles. The molecule has 0 fully saturated rings. The van der Waals surface area contributed by atoms with Gasteiger partial charge < -0.3 is 0 Å². The molecule has 1 aromatic rings. The van der Waals surface area contributed by atoms with E-state index in [2.05, 4.69) is 11.3 Å². The van der Waals surface area contributed by atoms with Gasteiger partial charge in [-0.25, -0.2) is 13.5 Å². The van der Waals surface area contributed by atoms with E-state index in [0.717, 1.165) is 12.1 Å². The Hall–Kier alpha value is -1.49. The molecule has 1 aromatic carbocycles. The van der Waals surface area contributed by atoms with Crippen molar-refractivity contribution in [2.75, 3.05) is 0 Å². The fraction of sp³-hybridized carbons (Fsp3) is 0.429. The van der Waals surface area contributed by atoms with E-state index in [1.165, 1.54) is 18.2 Å². The molecule has 0 atom stereocenters. The van der Waals surface area contributed by atoms with Gasteiger partial charge in [0.1, 0.15) is 0 Å². The molecule has 0 saturated heterocycles. The van der Waals surface area contributed by atoms with E-state index < -0.39 is 32.0 Å². The second-order valence-corrected chi connectivity index (χ2v) is 10.0. The fourth-order valence-electron chi connectivity index (χ4n) is 2.06. The lowest BCUT2D eigenvalue weighted by Gasteiger charge is -2.39. The van der Waals surface area contributed by atoms with E-state index in [0.29, 0.717) is 13.1 Å². The predicted molar refractivity (Wildman–Crippen MR) is 75.6 cm³/mol. The lowest BCUT2D eigenvalue weighted by molar-refractivity contribution is -0.477. The summed E-state index contributed by atoms with van der Waals surface area (Å²) in [7, 11) is -4.65. The molecule has 0 aromatic heterocycles. The van der Waals surface area contributed by atoms with Gasteiger partial charge in [0.2, 0.25) is 0 Å². The van der Waals surface area contributed by atoms with Gasteiger partial charge >= 0.3 is 23.9 Å². The van der Waals surface area contributed by atoms with Crippen molar-refractivity contribution in [3.63, 3.8) is 0 Å². The molecule has 0 bridgehead atoms. The van der Waals surface area contributed by atoms with Crippen LogP contribution in [-0.4, -0.2) is 32.0 Å². The Morgan fingerprint density at radius 2 is 1.36 bits per heavy atom. The smallest absolute Gasteiger partial charge is 0.243 e. The summed E-state index contributed by atoms with van der Waals surface area (Å²) in [6, 6.07) is 4.98. The van der Waals surface area contributed by atoms with Crippen molar-refractivity contribution in [1.29, 1.82) is 0 Å². The summed E-state index contributed by atoms with van der Waals surface area (Å²) in [5, 5.41) is -0.298. The molecule has 0 N–H and O–H groups in total. The molecular weight excluding hydrogens is 383 g/mol. The SMILES string of the molecule is C=Cc1ccccc1[Si](C)(C)C(F)(F)C(F)(F)OC(F)(F)C(F)(F)F. The number of benzene rings is 1. The normalized spacial score (nSPS) is 14.5. The standard InChI is InChI=1S/C14H13F9OSi/c1-4-9-7-5-6-8-10(9)25(2,3)14(22,23)13(20,21)24-12(18,19)11(15,16)17/h4-8H,1H2,2-3H3. The number of hydrogen-bond acceptors (Lipinski definition) is 1. The maximum Gasteiger partial charge on any atom is 0.483 e. The summed E-state index contributed by atoms with van der Waals surface area (Å²) in [5.41, 5.74) is -5.24. The molecule has 142 valence electrons. The van der Waals surface area contributed by atoms with Gasteiger partial charge in [0.15, 0.2) is 8.07 Å². The summed E-state index contributed by atoms with van der Waals surface area (Å²) in [5.74, 6) is 0. The molecule has 0 spiro atoms. The topological polar surface area (TPSA) is 9.23 Å². The number of hydrogen-bond donors (Lipinski definition) is 0. The van der Waals surface area contributed by atoms with Gasteiger partial charge in [-0.05, 0) is 10.8 Å². The summed E-state index contributed by atoms with van der Waals surface area (Å²) in [6.07, 6.45) is -18.0. The highest BCUT2D eigenvalue weighted by molar-refractivity contribution is 6.92. The molecule has 0 radical (unpaired) electrons.